The van der Waals surface area contributed by atoms with Gasteiger partial charge in [-0.05, 0) is 37.1 Å². The fourth-order valence-corrected chi connectivity index (χ4v) is 1.97. The Morgan fingerprint density at radius 1 is 1.62 bits per heavy atom. The van der Waals surface area contributed by atoms with Crippen molar-refractivity contribution in [3.05, 3.63) is 5.82 Å². The maximum Gasteiger partial charge on any atom is 0.295 e. The first kappa shape index (κ1) is 11.0. The molecule has 1 amide bonds. The second kappa shape index (κ2) is 5.02. The van der Waals surface area contributed by atoms with Gasteiger partial charge in [-0.15, -0.1) is 10.2 Å². The molecule has 7 nitrogen and oxygen atoms in total. The minimum Gasteiger partial charge on any atom is -0.339 e. The van der Waals surface area contributed by atoms with Gasteiger partial charge in [0.2, 0.25) is 0 Å². The van der Waals surface area contributed by atoms with E-state index in [1.807, 2.05) is 0 Å². The molecule has 0 aromatic carbocycles. The zero-order valence-corrected chi connectivity index (χ0v) is 9.31. The normalized spacial score (nSPS) is 20.7. The molecule has 2 N–H and O–H groups in total. The second-order valence-electron chi connectivity index (χ2n) is 4.13. The molecule has 1 fully saturated rings. The predicted octanol–water partition coefficient (Wildman–Crippen LogP) is -0.729. The van der Waals surface area contributed by atoms with Gasteiger partial charge in [0.05, 0.1) is 0 Å². The van der Waals surface area contributed by atoms with E-state index in [2.05, 4.69) is 25.9 Å². The van der Waals surface area contributed by atoms with Crippen molar-refractivity contribution in [1.29, 1.82) is 0 Å². The maximum absolute atomic E-state index is 11.8. The molecule has 1 aromatic heterocycles. The Bertz CT molecular complexity index is 332. The van der Waals surface area contributed by atoms with Gasteiger partial charge >= 0.3 is 0 Å². The van der Waals surface area contributed by atoms with Gasteiger partial charge in [0.15, 0.2) is 0 Å². The van der Waals surface area contributed by atoms with Crippen LogP contribution in [-0.4, -0.2) is 58.1 Å². The van der Waals surface area contributed by atoms with Gasteiger partial charge in [-0.25, -0.2) is 0 Å². The minimum atomic E-state index is -0.181. The van der Waals surface area contributed by atoms with Crippen LogP contribution < -0.4 is 5.32 Å². The van der Waals surface area contributed by atoms with Gasteiger partial charge in [0.1, 0.15) is 0 Å². The number of rotatable bonds is 3. The fraction of sp³-hybridized carbons (Fsp3) is 0.778. The molecule has 0 bridgehead atoms. The number of H-pyrrole nitrogens is 1. The Hall–Kier alpha value is -1.50. The number of carbonyl (C=O) groups is 1. The van der Waals surface area contributed by atoms with Crippen LogP contribution in [0.25, 0.3) is 0 Å². The van der Waals surface area contributed by atoms with Gasteiger partial charge in [0, 0.05) is 13.6 Å². The average Bonchev–Trinajstić information content (AvgIpc) is 2.83. The highest BCUT2D eigenvalue weighted by Gasteiger charge is 2.21. The average molecular weight is 224 g/mol. The number of piperidine rings is 1. The molecule has 1 atom stereocenters. The third kappa shape index (κ3) is 2.54. The molecular weight excluding hydrogens is 208 g/mol. The third-order valence-electron chi connectivity index (χ3n) is 2.81. The Labute approximate surface area is 93.6 Å². The number of nitrogens with one attached hydrogen (secondary N) is 2. The number of carbonyl (C=O) groups excluding carboxylic acids is 1. The highest BCUT2D eigenvalue weighted by molar-refractivity contribution is 5.89. The first-order valence-electron chi connectivity index (χ1n) is 5.47. The second-order valence-corrected chi connectivity index (χ2v) is 4.13. The van der Waals surface area contributed by atoms with Crippen LogP contribution in [0.15, 0.2) is 0 Å². The van der Waals surface area contributed by atoms with Crippen LogP contribution in [-0.2, 0) is 0 Å². The highest BCUT2D eigenvalue weighted by atomic mass is 16.2. The van der Waals surface area contributed by atoms with Crippen molar-refractivity contribution in [2.45, 2.75) is 12.8 Å². The molecule has 1 unspecified atom stereocenters. The van der Waals surface area contributed by atoms with E-state index in [0.29, 0.717) is 5.92 Å². The molecule has 0 saturated carbocycles. The molecule has 1 saturated heterocycles. The fourth-order valence-electron chi connectivity index (χ4n) is 1.97. The zero-order chi connectivity index (χ0) is 11.4. The quantitative estimate of drug-likeness (QED) is 0.707. The van der Waals surface area contributed by atoms with Crippen molar-refractivity contribution >= 4 is 5.91 Å². The van der Waals surface area contributed by atoms with Crippen LogP contribution in [0.3, 0.4) is 0 Å². The van der Waals surface area contributed by atoms with E-state index >= 15 is 0 Å². The monoisotopic (exact) mass is 224 g/mol. The Morgan fingerprint density at radius 2 is 2.50 bits per heavy atom. The van der Waals surface area contributed by atoms with Crippen molar-refractivity contribution in [2.24, 2.45) is 5.92 Å². The number of tetrazole rings is 1. The van der Waals surface area contributed by atoms with E-state index in [-0.39, 0.29) is 11.7 Å². The van der Waals surface area contributed by atoms with Crippen molar-refractivity contribution in [1.82, 2.24) is 30.8 Å². The number of aromatic nitrogens is 4. The van der Waals surface area contributed by atoms with E-state index in [4.69, 9.17) is 0 Å². The summed E-state index contributed by atoms with van der Waals surface area (Å²) in [5.74, 6) is 0.472. The molecule has 0 spiro atoms. The SMILES string of the molecule is CN(CC1CCCNC1)C(=O)c1nn[nH]n1. The van der Waals surface area contributed by atoms with E-state index in [0.717, 1.165) is 26.1 Å². The Morgan fingerprint density at radius 3 is 3.12 bits per heavy atom. The standard InChI is InChI=1S/C9H16N6O/c1-15(6-7-3-2-4-10-5-7)9(16)8-11-13-14-12-8/h7,10H,2-6H2,1H3,(H,11,12,13,14). The van der Waals surface area contributed by atoms with Crippen LogP contribution in [0.2, 0.25) is 0 Å². The van der Waals surface area contributed by atoms with Crippen LogP contribution in [0.1, 0.15) is 23.5 Å². The number of hydrogen-bond donors (Lipinski definition) is 2. The molecule has 1 aliphatic rings. The summed E-state index contributed by atoms with van der Waals surface area (Å²) in [6.07, 6.45) is 2.34. The Kier molecular flexibility index (Phi) is 3.45. The number of aromatic amines is 1. The van der Waals surface area contributed by atoms with E-state index < -0.39 is 0 Å². The lowest BCUT2D eigenvalue weighted by atomic mass is 9.99. The van der Waals surface area contributed by atoms with Crippen LogP contribution in [0, 0.1) is 5.92 Å². The van der Waals surface area contributed by atoms with E-state index in [9.17, 15) is 4.79 Å². The van der Waals surface area contributed by atoms with Crippen LogP contribution >= 0.6 is 0 Å². The summed E-state index contributed by atoms with van der Waals surface area (Å²) < 4.78 is 0. The lowest BCUT2D eigenvalue weighted by molar-refractivity contribution is 0.0752. The van der Waals surface area contributed by atoms with Crippen LogP contribution in [0.4, 0.5) is 0 Å². The van der Waals surface area contributed by atoms with E-state index in [1.54, 1.807) is 11.9 Å². The van der Waals surface area contributed by atoms with E-state index in [1.165, 1.54) is 6.42 Å². The summed E-state index contributed by atoms with van der Waals surface area (Å²) >= 11 is 0. The molecular formula is C9H16N6O. The molecule has 2 rings (SSSR count). The number of amides is 1. The maximum atomic E-state index is 11.8. The summed E-state index contributed by atoms with van der Waals surface area (Å²) in [4.78, 5) is 13.5. The largest absolute Gasteiger partial charge is 0.339 e. The number of hydrogen-bond acceptors (Lipinski definition) is 5. The summed E-state index contributed by atoms with van der Waals surface area (Å²) in [5, 5.41) is 16.3. The van der Waals surface area contributed by atoms with Crippen molar-refractivity contribution in [3.63, 3.8) is 0 Å². The highest BCUT2D eigenvalue weighted by Crippen LogP contribution is 2.11. The molecule has 0 aliphatic carbocycles. The van der Waals surface area contributed by atoms with Crippen molar-refractivity contribution in [3.8, 4) is 0 Å². The summed E-state index contributed by atoms with van der Waals surface area (Å²) in [7, 11) is 1.77. The summed E-state index contributed by atoms with van der Waals surface area (Å²) in [5.41, 5.74) is 0. The molecule has 0 radical (unpaired) electrons. The van der Waals surface area contributed by atoms with Gasteiger partial charge < -0.3 is 10.2 Å². The summed E-state index contributed by atoms with van der Waals surface area (Å²) in [6.45, 7) is 2.79. The molecule has 7 heteroatoms. The molecule has 88 valence electrons. The number of nitrogens with zero attached hydrogens (tertiary/aromatic N) is 4. The lowest BCUT2D eigenvalue weighted by Crippen LogP contribution is -2.39. The van der Waals surface area contributed by atoms with Crippen LogP contribution in [0.5, 0.6) is 0 Å². The Balaban J connectivity index is 1.87. The van der Waals surface area contributed by atoms with Gasteiger partial charge in [0.25, 0.3) is 11.7 Å². The smallest absolute Gasteiger partial charge is 0.295 e. The first-order valence-corrected chi connectivity index (χ1v) is 5.47. The molecule has 1 aliphatic heterocycles. The predicted molar refractivity (Wildman–Crippen MR) is 56.7 cm³/mol. The lowest BCUT2D eigenvalue weighted by Gasteiger charge is -2.26. The first-order chi connectivity index (χ1) is 7.77. The van der Waals surface area contributed by atoms with Gasteiger partial charge in [-0.2, -0.15) is 5.21 Å². The summed E-state index contributed by atoms with van der Waals surface area (Å²) in [6, 6.07) is 0. The topological polar surface area (TPSA) is 86.8 Å². The third-order valence-corrected chi connectivity index (χ3v) is 2.81. The molecule has 1 aromatic rings. The van der Waals surface area contributed by atoms with Crippen molar-refractivity contribution in [2.75, 3.05) is 26.7 Å². The van der Waals surface area contributed by atoms with Gasteiger partial charge in [-0.1, -0.05) is 0 Å². The molecule has 2 heterocycles. The zero-order valence-electron chi connectivity index (χ0n) is 9.31. The van der Waals surface area contributed by atoms with Crippen molar-refractivity contribution < 1.29 is 4.79 Å². The minimum absolute atomic E-state index is 0.131. The molecule has 16 heavy (non-hydrogen) atoms. The van der Waals surface area contributed by atoms with Gasteiger partial charge in [-0.3, -0.25) is 4.79 Å².